The van der Waals surface area contributed by atoms with Crippen molar-refractivity contribution in [3.63, 3.8) is 0 Å². The van der Waals surface area contributed by atoms with Crippen LogP contribution in [0.1, 0.15) is 76.3 Å². The molecule has 1 aromatic rings. The lowest BCUT2D eigenvalue weighted by Gasteiger charge is -2.55. The molecule has 5 saturated carbocycles. The third-order valence-corrected chi connectivity index (χ3v) is 10.7. The van der Waals surface area contributed by atoms with Crippen LogP contribution in [0.3, 0.4) is 0 Å². The molecular formula is C20H30N2O3S2. The summed E-state index contributed by atoms with van der Waals surface area (Å²) < 4.78 is 28.9. The van der Waals surface area contributed by atoms with Crippen molar-refractivity contribution in [3.8, 4) is 0 Å². The second-order valence-electron chi connectivity index (χ2n) is 9.81. The number of aromatic nitrogens is 1. The highest BCUT2D eigenvalue weighted by molar-refractivity contribution is 7.94. The summed E-state index contributed by atoms with van der Waals surface area (Å²) in [5.41, 5.74) is 0.148. The number of sulfonamides is 1. The van der Waals surface area contributed by atoms with E-state index in [2.05, 4.69) is 9.71 Å². The molecule has 5 fully saturated rings. The Morgan fingerprint density at radius 1 is 1.07 bits per heavy atom. The Labute approximate surface area is 166 Å². The largest absolute Gasteiger partial charge is 0.389 e. The molecule has 7 heteroatoms. The van der Waals surface area contributed by atoms with E-state index in [0.717, 1.165) is 50.6 Å². The van der Waals surface area contributed by atoms with E-state index in [4.69, 9.17) is 0 Å². The number of hydrogen-bond acceptors (Lipinski definition) is 5. The summed E-state index contributed by atoms with van der Waals surface area (Å²) >= 11 is 1.36. The number of rotatable bonds is 5. The first kappa shape index (κ1) is 18.4. The van der Waals surface area contributed by atoms with E-state index in [1.165, 1.54) is 37.0 Å². The van der Waals surface area contributed by atoms with Crippen LogP contribution in [-0.2, 0) is 16.4 Å². The lowest BCUT2D eigenvalue weighted by Crippen LogP contribution is -2.56. The van der Waals surface area contributed by atoms with Crippen molar-refractivity contribution >= 4 is 26.5 Å². The second-order valence-corrected chi connectivity index (χ2v) is 12.7. The van der Waals surface area contributed by atoms with Gasteiger partial charge < -0.3 is 5.11 Å². The second kappa shape index (κ2) is 6.42. The fraction of sp³-hybridized carbons (Fsp3) is 0.850. The van der Waals surface area contributed by atoms with Crippen molar-refractivity contribution in [3.05, 3.63) is 11.1 Å². The minimum atomic E-state index is -3.43. The van der Waals surface area contributed by atoms with E-state index in [0.29, 0.717) is 29.3 Å². The maximum absolute atomic E-state index is 13.3. The van der Waals surface area contributed by atoms with Gasteiger partial charge in [-0.05, 0) is 69.1 Å². The molecule has 5 aliphatic carbocycles. The average molecular weight is 411 g/mol. The fourth-order valence-electron chi connectivity index (χ4n) is 6.74. The molecule has 1 heterocycles. The molecule has 0 amide bonds. The first-order valence-corrected chi connectivity index (χ1v) is 12.9. The maximum Gasteiger partial charge on any atom is 0.240 e. The van der Waals surface area contributed by atoms with Crippen LogP contribution in [-0.4, -0.2) is 28.9 Å². The average Bonchev–Trinajstić information content (AvgIpc) is 2.99. The van der Waals surface area contributed by atoms with Crippen LogP contribution in [0.15, 0.2) is 5.38 Å². The summed E-state index contributed by atoms with van der Waals surface area (Å²) in [7, 11) is -3.43. The third-order valence-electron chi connectivity index (χ3n) is 7.62. The van der Waals surface area contributed by atoms with Gasteiger partial charge in [-0.1, -0.05) is 19.3 Å². The van der Waals surface area contributed by atoms with Gasteiger partial charge in [0.1, 0.15) is 0 Å². The Kier molecular flexibility index (Phi) is 4.37. The lowest BCUT2D eigenvalue weighted by atomic mass is 9.56. The summed E-state index contributed by atoms with van der Waals surface area (Å²) in [6.07, 6.45) is 11.7. The predicted octanol–water partition coefficient (Wildman–Crippen LogP) is 4.09. The molecule has 0 unspecified atom stereocenters. The molecule has 5 aliphatic rings. The molecule has 27 heavy (non-hydrogen) atoms. The molecule has 0 aliphatic heterocycles. The molecule has 4 bridgehead atoms. The molecule has 2 N–H and O–H groups in total. The van der Waals surface area contributed by atoms with Gasteiger partial charge >= 0.3 is 0 Å². The Hall–Kier alpha value is -0.660. The fourth-order valence-corrected chi connectivity index (χ4v) is 9.67. The first-order chi connectivity index (χ1) is 12.8. The Bertz CT molecular complexity index is 776. The molecule has 0 spiro atoms. The van der Waals surface area contributed by atoms with Gasteiger partial charge in [-0.15, -0.1) is 11.3 Å². The van der Waals surface area contributed by atoms with Crippen molar-refractivity contribution in [1.82, 2.24) is 4.98 Å². The Morgan fingerprint density at radius 3 is 2.26 bits per heavy atom. The van der Waals surface area contributed by atoms with Crippen LogP contribution in [0.2, 0.25) is 0 Å². The Balaban J connectivity index is 1.31. The van der Waals surface area contributed by atoms with Crippen molar-refractivity contribution in [1.29, 1.82) is 0 Å². The highest BCUT2D eigenvalue weighted by Crippen LogP contribution is 2.58. The zero-order valence-corrected chi connectivity index (χ0v) is 17.5. The van der Waals surface area contributed by atoms with Gasteiger partial charge in [0.25, 0.3) is 0 Å². The molecule has 150 valence electrons. The van der Waals surface area contributed by atoms with Crippen molar-refractivity contribution in [2.24, 2.45) is 17.8 Å². The molecular weight excluding hydrogens is 380 g/mol. The first-order valence-electron chi connectivity index (χ1n) is 10.5. The number of nitrogens with one attached hydrogen (secondary N) is 1. The van der Waals surface area contributed by atoms with E-state index in [-0.39, 0.29) is 0 Å². The summed E-state index contributed by atoms with van der Waals surface area (Å²) in [6, 6.07) is 0. The quantitative estimate of drug-likeness (QED) is 0.766. The molecule has 0 atom stereocenters. The van der Waals surface area contributed by atoms with E-state index < -0.39 is 20.4 Å². The summed E-state index contributed by atoms with van der Waals surface area (Å²) in [6.45, 7) is 0. The summed E-state index contributed by atoms with van der Waals surface area (Å²) in [5.74, 6) is 1.79. The number of hydrogen-bond donors (Lipinski definition) is 2. The van der Waals surface area contributed by atoms with Crippen LogP contribution < -0.4 is 4.72 Å². The smallest absolute Gasteiger partial charge is 0.240 e. The molecule has 0 radical (unpaired) electrons. The number of nitrogens with zero attached hydrogens (tertiary/aromatic N) is 1. The van der Waals surface area contributed by atoms with E-state index in [1.54, 1.807) is 0 Å². The van der Waals surface area contributed by atoms with Gasteiger partial charge in [-0.2, -0.15) is 0 Å². The number of aliphatic hydroxyl groups is 1. The Morgan fingerprint density at radius 2 is 1.67 bits per heavy atom. The van der Waals surface area contributed by atoms with Gasteiger partial charge in [0.15, 0.2) is 5.13 Å². The highest BCUT2D eigenvalue weighted by atomic mass is 32.2. The monoisotopic (exact) mass is 410 g/mol. The zero-order valence-electron chi connectivity index (χ0n) is 15.8. The third kappa shape index (κ3) is 3.33. The van der Waals surface area contributed by atoms with E-state index in [9.17, 15) is 13.5 Å². The van der Waals surface area contributed by atoms with Crippen molar-refractivity contribution in [2.45, 2.75) is 87.4 Å². The van der Waals surface area contributed by atoms with E-state index >= 15 is 0 Å². The van der Waals surface area contributed by atoms with Gasteiger partial charge in [0, 0.05) is 11.8 Å². The topological polar surface area (TPSA) is 79.3 Å². The van der Waals surface area contributed by atoms with Crippen LogP contribution in [0, 0.1) is 17.8 Å². The van der Waals surface area contributed by atoms with Crippen LogP contribution in [0.25, 0.3) is 0 Å². The van der Waals surface area contributed by atoms with Gasteiger partial charge in [-0.3, -0.25) is 4.72 Å². The van der Waals surface area contributed by atoms with Crippen LogP contribution in [0.4, 0.5) is 5.13 Å². The maximum atomic E-state index is 13.3. The SMILES string of the molecule is O=S(=O)(Nc1nc(CC2(O)CCCCC2)cs1)C12CC3CC(CC(C3)C1)C2. The molecule has 1 aromatic heterocycles. The van der Waals surface area contributed by atoms with Gasteiger partial charge in [0.2, 0.25) is 10.0 Å². The minimum absolute atomic E-state index is 0.472. The number of anilines is 1. The number of thiazole rings is 1. The van der Waals surface area contributed by atoms with E-state index in [1.807, 2.05) is 5.38 Å². The predicted molar refractivity (Wildman–Crippen MR) is 107 cm³/mol. The van der Waals surface area contributed by atoms with Crippen molar-refractivity contribution in [2.75, 3.05) is 4.72 Å². The molecule has 0 saturated heterocycles. The normalized spacial score (nSPS) is 37.4. The summed E-state index contributed by atoms with van der Waals surface area (Å²) in [5, 5.41) is 13.1. The minimum Gasteiger partial charge on any atom is -0.389 e. The summed E-state index contributed by atoms with van der Waals surface area (Å²) in [4.78, 5) is 4.53. The standard InChI is InChI=1S/C20H30N2O3S2/c23-19(4-2-1-3-5-19)12-17-13-26-18(21-17)22-27(24,25)20-9-14-6-15(10-20)8-16(7-14)11-20/h13-16,23H,1-12H2,(H,21,22). The van der Waals surface area contributed by atoms with Crippen molar-refractivity contribution < 1.29 is 13.5 Å². The zero-order chi connectivity index (χ0) is 18.7. The lowest BCUT2D eigenvalue weighted by molar-refractivity contribution is 0.00381. The molecule has 5 nitrogen and oxygen atoms in total. The van der Waals surface area contributed by atoms with Crippen LogP contribution in [0.5, 0.6) is 0 Å². The highest BCUT2D eigenvalue weighted by Gasteiger charge is 2.57. The molecule has 0 aromatic carbocycles. The molecule has 6 rings (SSSR count). The van der Waals surface area contributed by atoms with Gasteiger partial charge in [-0.25, -0.2) is 13.4 Å². The van der Waals surface area contributed by atoms with Gasteiger partial charge in [0.05, 0.1) is 16.0 Å². The van der Waals surface area contributed by atoms with Crippen LogP contribution >= 0.6 is 11.3 Å².